The van der Waals surface area contributed by atoms with Crippen molar-refractivity contribution < 1.29 is 19.5 Å². The van der Waals surface area contributed by atoms with Crippen molar-refractivity contribution in [2.24, 2.45) is 0 Å². The number of aryl methyl sites for hydroxylation is 2. The van der Waals surface area contributed by atoms with Crippen LogP contribution in [-0.4, -0.2) is 4.98 Å². The summed E-state index contributed by atoms with van der Waals surface area (Å²) < 4.78 is 0. The van der Waals surface area contributed by atoms with E-state index >= 15 is 0 Å². The molecule has 102 valence electrons. The Balaban J connectivity index is 0. The van der Waals surface area contributed by atoms with Gasteiger partial charge in [-0.3, -0.25) is 0 Å². The number of rotatable bonds is 3. The van der Waals surface area contributed by atoms with Crippen LogP contribution in [-0.2, 0) is 19.5 Å². The van der Waals surface area contributed by atoms with Crippen LogP contribution in [0.25, 0.3) is 0 Å². The largest absolute Gasteiger partial charge is 0.362 e. The van der Waals surface area contributed by atoms with Gasteiger partial charge in [0.15, 0.2) is 0 Å². The van der Waals surface area contributed by atoms with Gasteiger partial charge in [-0.1, -0.05) is 30.4 Å². The van der Waals surface area contributed by atoms with Crippen molar-refractivity contribution in [2.45, 2.75) is 41.0 Å². The quantitative estimate of drug-likeness (QED) is 0.458. The molecule has 1 rings (SSSR count). The summed E-state index contributed by atoms with van der Waals surface area (Å²) in [5.74, 6) is 0. The second kappa shape index (κ2) is 11.2. The maximum absolute atomic E-state index is 3.58. The molecule has 18 heavy (non-hydrogen) atoms. The Morgan fingerprint density at radius 1 is 1.00 bits per heavy atom. The van der Waals surface area contributed by atoms with Gasteiger partial charge in [0.2, 0.25) is 0 Å². The fourth-order valence-corrected chi connectivity index (χ4v) is 1.40. The van der Waals surface area contributed by atoms with Crippen LogP contribution >= 0.6 is 0 Å². The molecule has 0 aromatic carbocycles. The molecule has 0 atom stereocenters. The van der Waals surface area contributed by atoms with E-state index in [9.17, 15) is 0 Å². The summed E-state index contributed by atoms with van der Waals surface area (Å²) in [7, 11) is 0. The average Bonchev–Trinajstić information content (AvgIpc) is 2.53. The van der Waals surface area contributed by atoms with Crippen molar-refractivity contribution in [1.29, 1.82) is 0 Å². The molecule has 0 saturated carbocycles. The topological polar surface area (TPSA) is 15.8 Å². The Morgan fingerprint density at radius 2 is 1.50 bits per heavy atom. The molecule has 0 aliphatic heterocycles. The average molecular weight is 332 g/mol. The van der Waals surface area contributed by atoms with Crippen molar-refractivity contribution in [2.75, 3.05) is 0 Å². The molecule has 1 aromatic heterocycles. The first-order valence-corrected chi connectivity index (χ1v) is 6.05. The molecule has 0 aliphatic rings. The molecule has 1 N–H and O–H groups in total. The van der Waals surface area contributed by atoms with Crippen LogP contribution in [0.5, 0.6) is 0 Å². The summed E-state index contributed by atoms with van der Waals surface area (Å²) in [6, 6.07) is 0. The van der Waals surface area contributed by atoms with Crippen molar-refractivity contribution >= 4 is 0 Å². The van der Waals surface area contributed by atoms with Gasteiger partial charge in [0.25, 0.3) is 0 Å². The standard InChI is InChI=1S/C8H13N.C8H12.Ru/c1-5-6(2)8(4)9-7(5)3;1-3-5-7-8-6-4-2;/h9H,1-4H3;3-4,6-8H,1,5H2,2H3;. The maximum Gasteiger partial charge on any atom is 0.0150 e. The molecule has 0 unspecified atom stereocenters. The third kappa shape index (κ3) is 7.45. The molecule has 0 fully saturated rings. The molecule has 2 heteroatoms. The smallest absolute Gasteiger partial charge is 0.0150 e. The van der Waals surface area contributed by atoms with Gasteiger partial charge in [0, 0.05) is 30.9 Å². The molecule has 0 radical (unpaired) electrons. The van der Waals surface area contributed by atoms with E-state index in [2.05, 4.69) is 45.3 Å². The summed E-state index contributed by atoms with van der Waals surface area (Å²) in [4.78, 5) is 3.28. The predicted molar refractivity (Wildman–Crippen MR) is 78.5 cm³/mol. The van der Waals surface area contributed by atoms with E-state index in [0.29, 0.717) is 0 Å². The van der Waals surface area contributed by atoms with E-state index in [1.165, 1.54) is 22.5 Å². The minimum Gasteiger partial charge on any atom is -0.362 e. The molecular formula is C16H25NRu. The van der Waals surface area contributed by atoms with E-state index in [0.717, 1.165) is 6.42 Å². The van der Waals surface area contributed by atoms with Crippen LogP contribution in [0.3, 0.4) is 0 Å². The normalized spacial score (nSPS) is 10.1. The Bertz CT molecular complexity index is 375. The Kier molecular flexibility index (Phi) is 12.1. The summed E-state index contributed by atoms with van der Waals surface area (Å²) in [5.41, 5.74) is 5.38. The van der Waals surface area contributed by atoms with Crippen LogP contribution in [0.1, 0.15) is 35.9 Å². The van der Waals surface area contributed by atoms with Gasteiger partial charge in [0.05, 0.1) is 0 Å². The monoisotopic (exact) mass is 333 g/mol. The fraction of sp³-hybridized carbons (Fsp3) is 0.375. The van der Waals surface area contributed by atoms with Crippen molar-refractivity contribution in [3.8, 4) is 0 Å². The number of H-pyrrole nitrogens is 1. The molecule has 0 bridgehead atoms. The summed E-state index contributed by atoms with van der Waals surface area (Å²) in [6.07, 6.45) is 10.9. The van der Waals surface area contributed by atoms with Crippen molar-refractivity contribution in [1.82, 2.24) is 4.98 Å². The van der Waals surface area contributed by atoms with Gasteiger partial charge in [-0.2, -0.15) is 0 Å². The van der Waals surface area contributed by atoms with Gasteiger partial charge in [0.1, 0.15) is 0 Å². The molecule has 1 nitrogen and oxygen atoms in total. The third-order valence-corrected chi connectivity index (χ3v) is 2.80. The van der Waals surface area contributed by atoms with E-state index in [4.69, 9.17) is 0 Å². The Hall–Kier alpha value is -0.877. The number of hydrogen-bond donors (Lipinski definition) is 1. The second-order valence-electron chi connectivity index (χ2n) is 4.10. The van der Waals surface area contributed by atoms with Gasteiger partial charge in [-0.05, 0) is 52.2 Å². The maximum atomic E-state index is 3.58. The third-order valence-electron chi connectivity index (χ3n) is 2.80. The SMILES string of the molecule is C=CCC=CC=CC.Cc1[nH]c(C)c(C)c1C.[Ru]. The molecule has 0 aliphatic carbocycles. The first kappa shape index (κ1) is 19.5. The number of allylic oxidation sites excluding steroid dienone is 5. The van der Waals surface area contributed by atoms with Gasteiger partial charge in [-0.25, -0.2) is 0 Å². The minimum absolute atomic E-state index is 0. The first-order valence-electron chi connectivity index (χ1n) is 6.05. The molecule has 1 heterocycles. The van der Waals surface area contributed by atoms with Gasteiger partial charge < -0.3 is 4.98 Å². The number of hydrogen-bond acceptors (Lipinski definition) is 0. The first-order chi connectivity index (χ1) is 8.04. The summed E-state index contributed by atoms with van der Waals surface area (Å²) in [5, 5.41) is 0. The summed E-state index contributed by atoms with van der Waals surface area (Å²) >= 11 is 0. The van der Waals surface area contributed by atoms with Gasteiger partial charge in [-0.15, -0.1) is 6.58 Å². The van der Waals surface area contributed by atoms with E-state index in [-0.39, 0.29) is 19.5 Å². The minimum atomic E-state index is 0. The number of aromatic amines is 1. The van der Waals surface area contributed by atoms with Crippen LogP contribution < -0.4 is 0 Å². The zero-order valence-electron chi connectivity index (χ0n) is 12.2. The molecule has 0 amide bonds. The second-order valence-corrected chi connectivity index (χ2v) is 4.10. The number of nitrogens with one attached hydrogen (secondary N) is 1. The van der Waals surface area contributed by atoms with E-state index in [1.807, 2.05) is 31.2 Å². The van der Waals surface area contributed by atoms with E-state index < -0.39 is 0 Å². The fourth-order valence-electron chi connectivity index (χ4n) is 1.40. The molecule has 1 aromatic rings. The Labute approximate surface area is 125 Å². The van der Waals surface area contributed by atoms with Crippen molar-refractivity contribution in [3.05, 3.63) is 59.5 Å². The van der Waals surface area contributed by atoms with E-state index in [1.54, 1.807) is 0 Å². The van der Waals surface area contributed by atoms with Crippen molar-refractivity contribution in [3.63, 3.8) is 0 Å². The van der Waals surface area contributed by atoms with Gasteiger partial charge >= 0.3 is 0 Å². The zero-order valence-corrected chi connectivity index (χ0v) is 13.9. The predicted octanol–water partition coefficient (Wildman–Crippen LogP) is 4.94. The van der Waals surface area contributed by atoms with Crippen LogP contribution in [0, 0.1) is 27.7 Å². The summed E-state index contributed by atoms with van der Waals surface area (Å²) in [6.45, 7) is 14.1. The van der Waals surface area contributed by atoms with Crippen LogP contribution in [0.4, 0.5) is 0 Å². The zero-order chi connectivity index (χ0) is 13.3. The Morgan fingerprint density at radius 3 is 1.78 bits per heavy atom. The molecular weight excluding hydrogens is 307 g/mol. The van der Waals surface area contributed by atoms with Crippen LogP contribution in [0.2, 0.25) is 0 Å². The molecule has 0 spiro atoms. The number of aromatic nitrogens is 1. The van der Waals surface area contributed by atoms with Crippen LogP contribution in [0.15, 0.2) is 37.0 Å². The molecule has 0 saturated heterocycles.